The van der Waals surface area contributed by atoms with Gasteiger partial charge in [-0.3, -0.25) is 87.3 Å². The van der Waals surface area contributed by atoms with Crippen LogP contribution in [0.3, 0.4) is 0 Å². The first-order chi connectivity index (χ1) is 55.0. The third-order valence-corrected chi connectivity index (χ3v) is 16.0. The van der Waals surface area contributed by atoms with E-state index in [0.717, 1.165) is 24.3 Å². The second-order valence-electron chi connectivity index (χ2n) is 25.0. The van der Waals surface area contributed by atoms with Gasteiger partial charge in [-0.15, -0.1) is 0 Å². The molecule has 0 radical (unpaired) electrons. The van der Waals surface area contributed by atoms with Crippen molar-refractivity contribution in [1.29, 1.82) is 0 Å². The summed E-state index contributed by atoms with van der Waals surface area (Å²) in [6, 6.07) is 2.23. The highest BCUT2D eigenvalue weighted by Gasteiger charge is 2.34. The lowest BCUT2D eigenvalue weighted by atomic mass is 9.93. The van der Waals surface area contributed by atoms with Crippen molar-refractivity contribution in [3.63, 3.8) is 0 Å². The molecule has 0 aromatic heterocycles. The maximum atomic E-state index is 14.4. The van der Waals surface area contributed by atoms with Crippen molar-refractivity contribution in [3.05, 3.63) is 93.5 Å². The number of aromatic carboxylic acids is 2. The maximum absolute atomic E-state index is 14.4. The number of carboxylic acid groups (broad SMARTS) is 8. The van der Waals surface area contributed by atoms with E-state index in [1.54, 1.807) is 0 Å². The van der Waals surface area contributed by atoms with Crippen molar-refractivity contribution in [2.75, 3.05) is 98.9 Å². The first-order valence-corrected chi connectivity index (χ1v) is 35.6. The first kappa shape index (κ1) is 97.8. The van der Waals surface area contributed by atoms with E-state index >= 15 is 0 Å². The molecule has 634 valence electrons. The number of carbonyl (C=O) groups is 18. The van der Waals surface area contributed by atoms with Gasteiger partial charge in [-0.2, -0.15) is 0 Å². The molecule has 0 heterocycles. The van der Waals surface area contributed by atoms with E-state index in [2.05, 4.69) is 31.9 Å². The molecule has 43 heteroatoms. The summed E-state index contributed by atoms with van der Waals surface area (Å²) in [5, 5.41) is 115. The number of imide groups is 2. The molecule has 0 spiro atoms. The molecule has 0 unspecified atom stereocenters. The largest absolute Gasteiger partial charge is 0.507 e. The number of carbonyl (C=O) groups excluding carboxylic acids is 10. The van der Waals surface area contributed by atoms with Gasteiger partial charge in [0.25, 0.3) is 11.8 Å². The van der Waals surface area contributed by atoms with Crippen LogP contribution in [0.4, 0.5) is 0 Å². The number of aliphatic carboxylic acids is 6. The van der Waals surface area contributed by atoms with Crippen molar-refractivity contribution < 1.29 is 166 Å². The molecule has 6 atom stereocenters. The number of primary amides is 1. The molecule has 8 amide bonds. The quantitative estimate of drug-likeness (QED) is 0.0125. The fourth-order valence-corrected chi connectivity index (χ4v) is 10.2. The van der Waals surface area contributed by atoms with Crippen molar-refractivity contribution >= 4 is 131 Å². The molecule has 0 bridgehead atoms. The number of amides is 8. The summed E-state index contributed by atoms with van der Waals surface area (Å²) < 4.78 is 31.7. The van der Waals surface area contributed by atoms with E-state index in [1.165, 1.54) is 54.6 Å². The van der Waals surface area contributed by atoms with Crippen LogP contribution in [-0.4, -0.2) is 293 Å². The Labute approximate surface area is 660 Å². The topological polar surface area (TPSA) is 687 Å². The highest BCUT2D eigenvalue weighted by molar-refractivity contribution is 6.46. The van der Waals surface area contributed by atoms with E-state index in [4.69, 9.17) is 34.2 Å². The Hall–Kier alpha value is -12.4. The van der Waals surface area contributed by atoms with Crippen molar-refractivity contribution in [1.82, 2.24) is 42.5 Å². The van der Waals surface area contributed by atoms with Crippen LogP contribution in [0.15, 0.2) is 54.6 Å². The van der Waals surface area contributed by atoms with Crippen molar-refractivity contribution in [2.45, 2.75) is 113 Å². The molecular formula is C73H93N9O34. The highest BCUT2D eigenvalue weighted by atomic mass is 16.5. The molecule has 0 saturated carbocycles. The van der Waals surface area contributed by atoms with Gasteiger partial charge in [-0.05, 0) is 91.1 Å². The van der Waals surface area contributed by atoms with Gasteiger partial charge in [0.05, 0.1) is 83.6 Å². The molecule has 0 saturated heterocycles. The predicted octanol–water partition coefficient (Wildman–Crippen LogP) is -2.02. The van der Waals surface area contributed by atoms with Gasteiger partial charge in [0.15, 0.2) is 0 Å². The molecule has 3 aromatic rings. The lowest BCUT2D eigenvalue weighted by Gasteiger charge is -2.22. The number of aromatic hydroxyl groups is 2. The number of rotatable bonds is 62. The minimum Gasteiger partial charge on any atom is -0.507 e. The number of nitrogens with one attached hydrogen (secondary N) is 8. The summed E-state index contributed by atoms with van der Waals surface area (Å²) in [6.45, 7) is -3.70. The number of ketones is 2. The number of hydrogen-bond donors (Lipinski definition) is 19. The molecule has 3 aromatic carbocycles. The molecule has 43 nitrogen and oxygen atoms in total. The van der Waals surface area contributed by atoms with Gasteiger partial charge in [0.2, 0.25) is 47.0 Å². The Morgan fingerprint density at radius 3 is 0.966 bits per heavy atom. The van der Waals surface area contributed by atoms with Crippen molar-refractivity contribution in [3.8, 4) is 11.5 Å². The minimum atomic E-state index is -1.85. The summed E-state index contributed by atoms with van der Waals surface area (Å²) in [5.74, 6) is -22.7. The lowest BCUT2D eigenvalue weighted by molar-refractivity contribution is -0.140. The van der Waals surface area contributed by atoms with Crippen LogP contribution in [0.1, 0.15) is 130 Å². The van der Waals surface area contributed by atoms with Crippen LogP contribution in [-0.2, 0) is 100 Å². The standard InChI is InChI=1S/C73H93N9O34/c74-56(85)38-114-32-29-111-26-24-76-50(11-19-61(92)93)68(103)79-52(13-21-63(96)97)70(105)82-58(87)40-116-34-31-113-28-25-77-51(12-20-62(94)95)69(104)80-53(14-22-64(98)99)71(106)81-57(86)39-115-33-30-112-27-23-75-49(10-18-60(90)91)67(102)78-48(9-17-59(88)89)66(101)65(100)45-35-41(1-2-42-5-15-54(83)46(36-42)72(107)108)3-7-44(45)8-4-43-6-16-55(84)47(37-43)73(109)110/h1-8,15-16,35-37,48-53,75-77,83-84H,9-14,17-34,38-40H2,(H2,74,85)(H,78,102)(H,79,103)(H,80,104)(H,88,89)(H,90,91)(H,92,93)(H,94,95)(H,96,97)(H,98,99)(H,107,108)(H,109,110)(H,81,86,106)(H,82,87,105)/b2-1+,8-4+/t48-,49-,50-,51-,52-,53-/m0/s1. The maximum Gasteiger partial charge on any atom is 0.339 e. The molecular weight excluding hydrogens is 1550 g/mol. The van der Waals surface area contributed by atoms with Gasteiger partial charge in [0.1, 0.15) is 54.5 Å². The summed E-state index contributed by atoms with van der Waals surface area (Å²) in [4.78, 5) is 225. The minimum absolute atomic E-state index is 0.00454. The number of hydrogen-bond acceptors (Lipinski definition) is 29. The number of Topliss-reactive ketones (excluding diaryl/α,β-unsaturated/α-hetero) is 2. The molecule has 116 heavy (non-hydrogen) atoms. The fraction of sp³-hybridized carbons (Fsp3) is 0.452. The van der Waals surface area contributed by atoms with E-state index in [-0.39, 0.29) is 126 Å². The SMILES string of the molecule is NC(=O)COCCOCCN[C@@H](CCC(=O)O)C(=O)N[C@@H](CCC(=O)O)C(=O)NC(=O)COCCOCCN[C@@H](CCC(=O)O)C(=O)N[C@@H](CCC(=O)O)C(=O)NC(=O)COCCOCCN[C@@H](CCC(=O)O)C(=O)N[C@@H](CCC(=O)O)C(=O)C(=O)c1cc(/C=C/c2ccc(O)c(C(=O)O)c2)ccc1/C=C/c1ccc(O)c(C(=O)O)c1. The van der Waals surface area contributed by atoms with Crippen LogP contribution in [0.5, 0.6) is 11.5 Å². The summed E-state index contributed by atoms with van der Waals surface area (Å²) in [7, 11) is 0. The third-order valence-electron chi connectivity index (χ3n) is 16.0. The fourth-order valence-electron chi connectivity index (χ4n) is 10.2. The summed E-state index contributed by atoms with van der Waals surface area (Å²) in [5.41, 5.74) is 4.55. The molecule has 0 aliphatic heterocycles. The molecule has 0 fully saturated rings. The van der Waals surface area contributed by atoms with Crippen molar-refractivity contribution in [2.24, 2.45) is 5.73 Å². The van der Waals surface area contributed by atoms with Gasteiger partial charge in [0, 0.05) is 63.7 Å². The van der Waals surface area contributed by atoms with E-state index in [9.17, 15) is 137 Å². The second kappa shape index (κ2) is 53.6. The van der Waals surface area contributed by atoms with E-state index < -0.39 is 243 Å². The average Bonchev–Trinajstić information content (AvgIpc) is 0.811. The van der Waals surface area contributed by atoms with E-state index in [1.807, 2.05) is 10.6 Å². The zero-order valence-electron chi connectivity index (χ0n) is 62.4. The summed E-state index contributed by atoms with van der Waals surface area (Å²) in [6.07, 6.45) is -1.06. The van der Waals surface area contributed by atoms with Crippen LogP contribution in [0, 0.1) is 0 Å². The normalized spacial score (nSPS) is 12.7. The Morgan fingerprint density at radius 2 is 0.629 bits per heavy atom. The molecule has 3 rings (SSSR count). The average molecular weight is 1640 g/mol. The Kier molecular flexibility index (Phi) is 45.2. The smallest absolute Gasteiger partial charge is 0.339 e. The number of benzene rings is 3. The van der Waals surface area contributed by atoms with Gasteiger partial charge >= 0.3 is 47.8 Å². The van der Waals surface area contributed by atoms with Gasteiger partial charge in [-0.25, -0.2) is 9.59 Å². The first-order valence-electron chi connectivity index (χ1n) is 35.6. The lowest BCUT2D eigenvalue weighted by Crippen LogP contribution is -2.54. The predicted molar refractivity (Wildman–Crippen MR) is 397 cm³/mol. The van der Waals surface area contributed by atoms with Gasteiger partial charge in [-0.1, -0.05) is 48.6 Å². The summed E-state index contributed by atoms with van der Waals surface area (Å²) >= 11 is 0. The number of carboxylic acids is 8. The zero-order chi connectivity index (χ0) is 86.2. The number of phenols is 2. The molecule has 0 aliphatic carbocycles. The Morgan fingerprint density at radius 1 is 0.336 bits per heavy atom. The number of nitrogens with two attached hydrogens (primary N) is 1. The highest BCUT2D eigenvalue weighted by Crippen LogP contribution is 2.25. The van der Waals surface area contributed by atoms with Crippen LogP contribution < -0.4 is 48.3 Å². The Bertz CT molecular complexity index is 4010. The van der Waals surface area contributed by atoms with E-state index in [0.29, 0.717) is 0 Å². The van der Waals surface area contributed by atoms with Crippen LogP contribution in [0.25, 0.3) is 24.3 Å². The number of ether oxygens (including phenoxy) is 6. The molecule has 20 N–H and O–H groups in total. The molecule has 0 aliphatic rings. The zero-order valence-corrected chi connectivity index (χ0v) is 62.4. The Balaban J connectivity index is 1.57. The van der Waals surface area contributed by atoms with Gasteiger partial charge < -0.3 is 117 Å². The second-order valence-corrected chi connectivity index (χ2v) is 25.0. The monoisotopic (exact) mass is 1640 g/mol. The van der Waals surface area contributed by atoms with Crippen LogP contribution in [0.2, 0.25) is 0 Å². The third kappa shape index (κ3) is 40.4. The van der Waals surface area contributed by atoms with Crippen LogP contribution >= 0.6 is 0 Å².